The molecule has 0 saturated carbocycles. The van der Waals surface area contributed by atoms with Crippen LogP contribution in [0.5, 0.6) is 0 Å². The number of benzene rings is 2. The molecule has 84 valence electrons. The van der Waals surface area contributed by atoms with Crippen molar-refractivity contribution in [2.45, 2.75) is 6.92 Å². The highest BCUT2D eigenvalue weighted by molar-refractivity contribution is 6.33. The number of fused-ring (bicyclic) bond motifs is 1. The molecule has 0 aliphatic carbocycles. The number of aromatic nitrogens is 1. The van der Waals surface area contributed by atoms with Gasteiger partial charge in [0.05, 0.1) is 0 Å². The maximum absolute atomic E-state index is 6.20. The van der Waals surface area contributed by atoms with Crippen molar-refractivity contribution in [3.05, 3.63) is 59.1 Å². The molecule has 0 radical (unpaired) electrons. The largest absolute Gasteiger partial charge is 0.354 e. The molecular weight excluding hydrogens is 230 g/mol. The molecule has 17 heavy (non-hydrogen) atoms. The van der Waals surface area contributed by atoms with Crippen LogP contribution in [0.25, 0.3) is 22.2 Å². The number of hydrogen-bond donors (Lipinski definition) is 1. The van der Waals surface area contributed by atoms with Crippen LogP contribution in [0.4, 0.5) is 0 Å². The van der Waals surface area contributed by atoms with Crippen LogP contribution in [0, 0.1) is 6.92 Å². The lowest BCUT2D eigenvalue weighted by atomic mass is 10.1. The third kappa shape index (κ3) is 1.83. The molecule has 0 bridgehead atoms. The Labute approximate surface area is 105 Å². The molecular formula is C15H12ClN. The molecule has 3 aromatic rings. The summed E-state index contributed by atoms with van der Waals surface area (Å²) in [4.78, 5) is 3.40. The van der Waals surface area contributed by atoms with Crippen molar-refractivity contribution in [3.63, 3.8) is 0 Å². The van der Waals surface area contributed by atoms with Crippen molar-refractivity contribution in [3.8, 4) is 11.3 Å². The van der Waals surface area contributed by atoms with Gasteiger partial charge >= 0.3 is 0 Å². The highest BCUT2D eigenvalue weighted by atomic mass is 35.5. The number of hydrogen-bond acceptors (Lipinski definition) is 0. The summed E-state index contributed by atoms with van der Waals surface area (Å²) in [5.74, 6) is 0. The summed E-state index contributed by atoms with van der Waals surface area (Å²) in [7, 11) is 0. The van der Waals surface area contributed by atoms with Gasteiger partial charge in [0.15, 0.2) is 0 Å². The van der Waals surface area contributed by atoms with Gasteiger partial charge in [0, 0.05) is 27.2 Å². The summed E-state index contributed by atoms with van der Waals surface area (Å²) in [6.45, 7) is 2.10. The van der Waals surface area contributed by atoms with Crippen molar-refractivity contribution in [1.82, 2.24) is 4.98 Å². The van der Waals surface area contributed by atoms with Crippen molar-refractivity contribution in [2.24, 2.45) is 0 Å². The molecule has 1 aromatic heterocycles. The molecule has 2 aromatic carbocycles. The van der Waals surface area contributed by atoms with E-state index in [0.717, 1.165) is 21.8 Å². The van der Waals surface area contributed by atoms with E-state index in [4.69, 9.17) is 11.6 Å². The van der Waals surface area contributed by atoms with Crippen LogP contribution in [0.1, 0.15) is 5.56 Å². The van der Waals surface area contributed by atoms with Crippen LogP contribution in [0.15, 0.2) is 48.5 Å². The van der Waals surface area contributed by atoms with Crippen LogP contribution in [0.3, 0.4) is 0 Å². The normalized spacial score (nSPS) is 10.9. The Morgan fingerprint density at radius 1 is 1.00 bits per heavy atom. The van der Waals surface area contributed by atoms with Crippen molar-refractivity contribution in [1.29, 1.82) is 0 Å². The fourth-order valence-corrected chi connectivity index (χ4v) is 2.31. The molecule has 1 heterocycles. The molecule has 0 atom stereocenters. The van der Waals surface area contributed by atoms with Crippen LogP contribution in [-0.2, 0) is 0 Å². The quantitative estimate of drug-likeness (QED) is 0.630. The highest BCUT2D eigenvalue weighted by Gasteiger charge is 2.06. The van der Waals surface area contributed by atoms with Crippen LogP contribution in [0.2, 0.25) is 5.02 Å². The molecule has 1 N–H and O–H groups in total. The first-order chi connectivity index (χ1) is 8.24. The molecule has 0 aliphatic heterocycles. The monoisotopic (exact) mass is 241 g/mol. The average molecular weight is 242 g/mol. The van der Waals surface area contributed by atoms with E-state index in [-0.39, 0.29) is 0 Å². The summed E-state index contributed by atoms with van der Waals surface area (Å²) in [5.41, 5.74) is 4.52. The van der Waals surface area contributed by atoms with E-state index < -0.39 is 0 Å². The molecule has 0 saturated heterocycles. The third-order valence-corrected chi connectivity index (χ3v) is 3.27. The van der Waals surface area contributed by atoms with E-state index in [1.165, 1.54) is 10.9 Å². The predicted molar refractivity (Wildman–Crippen MR) is 73.5 cm³/mol. The minimum absolute atomic E-state index is 0.774. The predicted octanol–water partition coefficient (Wildman–Crippen LogP) is 4.80. The smallest absolute Gasteiger partial charge is 0.0499 e. The number of H-pyrrole nitrogens is 1. The van der Waals surface area contributed by atoms with Gasteiger partial charge < -0.3 is 4.98 Å². The maximum atomic E-state index is 6.20. The lowest BCUT2D eigenvalue weighted by molar-refractivity contribution is 1.44. The molecule has 1 nitrogen and oxygen atoms in total. The van der Waals surface area contributed by atoms with Crippen LogP contribution < -0.4 is 0 Å². The summed E-state index contributed by atoms with van der Waals surface area (Å²) < 4.78 is 0. The maximum Gasteiger partial charge on any atom is 0.0499 e. The Bertz CT molecular complexity index is 682. The van der Waals surface area contributed by atoms with Gasteiger partial charge in [0.25, 0.3) is 0 Å². The van der Waals surface area contributed by atoms with Gasteiger partial charge in [-0.3, -0.25) is 0 Å². The zero-order valence-corrected chi connectivity index (χ0v) is 10.3. The van der Waals surface area contributed by atoms with E-state index in [2.05, 4.69) is 36.2 Å². The minimum atomic E-state index is 0.774. The van der Waals surface area contributed by atoms with E-state index in [1.54, 1.807) is 0 Å². The average Bonchev–Trinajstić information content (AvgIpc) is 2.72. The molecule has 0 fully saturated rings. The number of rotatable bonds is 1. The SMILES string of the molecule is Cc1ccc2[nH]c(-c3ccccc3Cl)cc2c1. The number of aromatic amines is 1. The molecule has 0 amide bonds. The second kappa shape index (κ2) is 3.94. The minimum Gasteiger partial charge on any atom is -0.354 e. The Kier molecular flexibility index (Phi) is 2.41. The Hall–Kier alpha value is -1.73. The summed E-state index contributed by atoms with van der Waals surface area (Å²) >= 11 is 6.20. The Balaban J connectivity index is 2.22. The van der Waals surface area contributed by atoms with Crippen LogP contribution in [-0.4, -0.2) is 4.98 Å². The Morgan fingerprint density at radius 3 is 2.65 bits per heavy atom. The zero-order chi connectivity index (χ0) is 11.8. The van der Waals surface area contributed by atoms with Crippen LogP contribution >= 0.6 is 11.6 Å². The number of nitrogens with one attached hydrogen (secondary N) is 1. The van der Waals surface area contributed by atoms with Crippen molar-refractivity contribution in [2.75, 3.05) is 0 Å². The molecule has 0 spiro atoms. The number of aryl methyl sites for hydroxylation is 1. The first kappa shape index (κ1) is 10.4. The summed E-state index contributed by atoms with van der Waals surface area (Å²) in [6.07, 6.45) is 0. The fourth-order valence-electron chi connectivity index (χ4n) is 2.08. The lowest BCUT2D eigenvalue weighted by Crippen LogP contribution is -1.77. The van der Waals surface area contributed by atoms with Gasteiger partial charge in [-0.05, 0) is 31.2 Å². The van der Waals surface area contributed by atoms with Crippen molar-refractivity contribution >= 4 is 22.5 Å². The zero-order valence-electron chi connectivity index (χ0n) is 9.50. The van der Waals surface area contributed by atoms with Gasteiger partial charge in [0.1, 0.15) is 0 Å². The highest BCUT2D eigenvalue weighted by Crippen LogP contribution is 2.29. The van der Waals surface area contributed by atoms with Gasteiger partial charge in [0.2, 0.25) is 0 Å². The molecule has 3 rings (SSSR count). The van der Waals surface area contributed by atoms with Gasteiger partial charge in [-0.15, -0.1) is 0 Å². The third-order valence-electron chi connectivity index (χ3n) is 2.94. The summed E-state index contributed by atoms with van der Waals surface area (Å²) in [5, 5.41) is 2.00. The molecule has 0 unspecified atom stereocenters. The topological polar surface area (TPSA) is 15.8 Å². The van der Waals surface area contributed by atoms with E-state index in [1.807, 2.05) is 24.3 Å². The first-order valence-corrected chi connectivity index (χ1v) is 5.96. The fraction of sp³-hybridized carbons (Fsp3) is 0.0667. The van der Waals surface area contributed by atoms with Gasteiger partial charge in [-0.25, -0.2) is 0 Å². The standard InChI is InChI=1S/C15H12ClN/c1-10-6-7-14-11(8-10)9-15(17-14)12-4-2-3-5-13(12)16/h2-9,17H,1H3. The Morgan fingerprint density at radius 2 is 1.82 bits per heavy atom. The van der Waals surface area contributed by atoms with Gasteiger partial charge in [-0.1, -0.05) is 41.4 Å². The van der Waals surface area contributed by atoms with E-state index in [0.29, 0.717) is 0 Å². The van der Waals surface area contributed by atoms with Crippen molar-refractivity contribution < 1.29 is 0 Å². The summed E-state index contributed by atoms with van der Waals surface area (Å²) in [6, 6.07) is 16.4. The lowest BCUT2D eigenvalue weighted by Gasteiger charge is -1.99. The van der Waals surface area contributed by atoms with Gasteiger partial charge in [-0.2, -0.15) is 0 Å². The number of halogens is 1. The molecule has 0 aliphatic rings. The second-order valence-electron chi connectivity index (χ2n) is 4.25. The van der Waals surface area contributed by atoms with E-state index in [9.17, 15) is 0 Å². The first-order valence-electron chi connectivity index (χ1n) is 5.58. The molecule has 2 heteroatoms. The van der Waals surface area contributed by atoms with E-state index >= 15 is 0 Å². The second-order valence-corrected chi connectivity index (χ2v) is 4.66.